The van der Waals surface area contributed by atoms with Crippen molar-refractivity contribution in [2.45, 2.75) is 32.4 Å². The molecule has 26 heavy (non-hydrogen) atoms. The van der Waals surface area contributed by atoms with Gasteiger partial charge in [-0.1, -0.05) is 18.2 Å². The van der Waals surface area contributed by atoms with E-state index in [1.807, 2.05) is 30.3 Å². The Kier molecular flexibility index (Phi) is 4.20. The molecule has 0 bridgehead atoms. The molecule has 7 heteroatoms. The Labute approximate surface area is 149 Å². The summed E-state index contributed by atoms with van der Waals surface area (Å²) in [5.74, 6) is 1.37. The van der Waals surface area contributed by atoms with Crippen LogP contribution in [0.2, 0.25) is 0 Å². The minimum atomic E-state index is -0.323. The van der Waals surface area contributed by atoms with E-state index in [1.165, 1.54) is 15.5 Å². The van der Waals surface area contributed by atoms with E-state index in [0.717, 1.165) is 36.0 Å². The number of fused-ring (bicyclic) bond motifs is 2. The average Bonchev–Trinajstić information content (AvgIpc) is 3.08. The maximum Gasteiger partial charge on any atom is 0.332 e. The zero-order valence-corrected chi connectivity index (χ0v) is 14.6. The van der Waals surface area contributed by atoms with Gasteiger partial charge in [-0.25, -0.2) is 9.79 Å². The molecule has 0 spiro atoms. The van der Waals surface area contributed by atoms with E-state index < -0.39 is 0 Å². The van der Waals surface area contributed by atoms with Crippen molar-refractivity contribution >= 4 is 23.1 Å². The molecule has 1 aliphatic rings. The summed E-state index contributed by atoms with van der Waals surface area (Å²) in [6, 6.07) is 9.95. The molecule has 0 fully saturated rings. The minimum Gasteiger partial charge on any atom is -0.461 e. The molecule has 3 heterocycles. The SMILES string of the molecule is Cn1c2c(c(=O)n(CCCCc3cc4ccccc4o3)c1=O)CNC=N2. The van der Waals surface area contributed by atoms with Gasteiger partial charge in [-0.05, 0) is 25.0 Å². The van der Waals surface area contributed by atoms with Crippen molar-refractivity contribution in [3.63, 3.8) is 0 Å². The molecular weight excluding hydrogens is 332 g/mol. The maximum absolute atomic E-state index is 12.6. The molecule has 1 aromatic carbocycles. The van der Waals surface area contributed by atoms with Gasteiger partial charge in [0.25, 0.3) is 5.56 Å². The first-order valence-corrected chi connectivity index (χ1v) is 8.71. The molecule has 4 rings (SSSR count). The highest BCUT2D eigenvalue weighted by molar-refractivity contribution is 5.77. The Hall–Kier alpha value is -3.09. The number of aliphatic imine (C=N–C) groups is 1. The van der Waals surface area contributed by atoms with Gasteiger partial charge in [-0.15, -0.1) is 0 Å². The first kappa shape index (κ1) is 16.4. The zero-order valence-electron chi connectivity index (χ0n) is 14.6. The molecule has 0 saturated heterocycles. The predicted octanol–water partition coefficient (Wildman–Crippen LogP) is 2.08. The number of unbranched alkanes of at least 4 members (excludes halogenated alkanes) is 1. The van der Waals surface area contributed by atoms with E-state index in [0.29, 0.717) is 24.5 Å². The van der Waals surface area contributed by atoms with Crippen molar-refractivity contribution in [3.8, 4) is 0 Å². The molecule has 0 radical (unpaired) electrons. The smallest absolute Gasteiger partial charge is 0.332 e. The van der Waals surface area contributed by atoms with Gasteiger partial charge in [0.05, 0.1) is 18.4 Å². The summed E-state index contributed by atoms with van der Waals surface area (Å²) in [6.45, 7) is 0.785. The molecule has 3 aromatic rings. The third-order valence-corrected chi connectivity index (χ3v) is 4.70. The quantitative estimate of drug-likeness (QED) is 0.713. The Balaban J connectivity index is 1.46. The lowest BCUT2D eigenvalue weighted by molar-refractivity contribution is 0.502. The van der Waals surface area contributed by atoms with Crippen LogP contribution in [0.25, 0.3) is 11.0 Å². The van der Waals surface area contributed by atoms with E-state index in [2.05, 4.69) is 10.3 Å². The Morgan fingerprint density at radius 2 is 2.08 bits per heavy atom. The zero-order chi connectivity index (χ0) is 18.1. The van der Waals surface area contributed by atoms with E-state index in [9.17, 15) is 9.59 Å². The maximum atomic E-state index is 12.6. The van der Waals surface area contributed by atoms with Gasteiger partial charge in [-0.3, -0.25) is 13.9 Å². The highest BCUT2D eigenvalue weighted by Crippen LogP contribution is 2.20. The number of aromatic nitrogens is 2. The number of para-hydroxylation sites is 1. The van der Waals surface area contributed by atoms with Crippen LogP contribution in [0.5, 0.6) is 0 Å². The summed E-state index contributed by atoms with van der Waals surface area (Å²) in [5, 5.41) is 4.02. The van der Waals surface area contributed by atoms with Gasteiger partial charge in [0.15, 0.2) is 0 Å². The number of rotatable bonds is 5. The molecule has 0 atom stereocenters. The van der Waals surface area contributed by atoms with Crippen molar-refractivity contribution in [3.05, 3.63) is 62.5 Å². The van der Waals surface area contributed by atoms with Crippen LogP contribution in [0, 0.1) is 0 Å². The van der Waals surface area contributed by atoms with Gasteiger partial charge >= 0.3 is 5.69 Å². The fourth-order valence-corrected chi connectivity index (χ4v) is 3.32. The van der Waals surface area contributed by atoms with Crippen molar-refractivity contribution < 1.29 is 4.42 Å². The molecule has 0 unspecified atom stereocenters. The molecule has 7 nitrogen and oxygen atoms in total. The van der Waals surface area contributed by atoms with Gasteiger partial charge in [0, 0.05) is 25.4 Å². The van der Waals surface area contributed by atoms with Gasteiger partial charge in [0.1, 0.15) is 17.2 Å². The Morgan fingerprint density at radius 1 is 1.23 bits per heavy atom. The minimum absolute atomic E-state index is 0.254. The predicted molar refractivity (Wildman–Crippen MR) is 100 cm³/mol. The third kappa shape index (κ3) is 2.85. The van der Waals surface area contributed by atoms with Crippen LogP contribution in [0.1, 0.15) is 24.2 Å². The number of nitrogens with one attached hydrogen (secondary N) is 1. The summed E-state index contributed by atoms with van der Waals surface area (Å²) in [6.07, 6.45) is 3.85. The van der Waals surface area contributed by atoms with Crippen LogP contribution in [0.3, 0.4) is 0 Å². The molecule has 1 N–H and O–H groups in total. The summed E-state index contributed by atoms with van der Waals surface area (Å²) in [4.78, 5) is 29.2. The van der Waals surface area contributed by atoms with Crippen LogP contribution in [-0.4, -0.2) is 15.5 Å². The third-order valence-electron chi connectivity index (χ3n) is 4.70. The fraction of sp³-hybridized carbons (Fsp3) is 0.316. The number of aryl methyl sites for hydroxylation is 1. The monoisotopic (exact) mass is 352 g/mol. The summed E-state index contributed by atoms with van der Waals surface area (Å²) in [7, 11) is 1.65. The van der Waals surface area contributed by atoms with Crippen molar-refractivity contribution in [1.29, 1.82) is 0 Å². The number of hydrogen-bond acceptors (Lipinski definition) is 5. The molecule has 0 saturated carbocycles. The normalized spacial score (nSPS) is 13.0. The molecule has 1 aliphatic heterocycles. The summed E-state index contributed by atoms with van der Waals surface area (Å²) < 4.78 is 8.55. The topological polar surface area (TPSA) is 81.5 Å². The van der Waals surface area contributed by atoms with Crippen LogP contribution in [-0.2, 0) is 26.6 Å². The second-order valence-corrected chi connectivity index (χ2v) is 6.45. The van der Waals surface area contributed by atoms with E-state index in [-0.39, 0.29) is 11.2 Å². The summed E-state index contributed by atoms with van der Waals surface area (Å²) >= 11 is 0. The largest absolute Gasteiger partial charge is 0.461 e. The lowest BCUT2D eigenvalue weighted by Crippen LogP contribution is -2.42. The summed E-state index contributed by atoms with van der Waals surface area (Å²) in [5.41, 5.74) is 0.843. The van der Waals surface area contributed by atoms with Gasteiger partial charge < -0.3 is 9.73 Å². The van der Waals surface area contributed by atoms with Crippen molar-refractivity contribution in [2.75, 3.05) is 0 Å². The van der Waals surface area contributed by atoms with E-state index in [1.54, 1.807) is 7.05 Å². The first-order chi connectivity index (χ1) is 12.6. The average molecular weight is 352 g/mol. The number of benzene rings is 1. The van der Waals surface area contributed by atoms with E-state index >= 15 is 0 Å². The molecule has 0 aliphatic carbocycles. The first-order valence-electron chi connectivity index (χ1n) is 8.71. The fourth-order valence-electron chi connectivity index (χ4n) is 3.32. The lowest BCUT2D eigenvalue weighted by Gasteiger charge is -2.16. The second-order valence-electron chi connectivity index (χ2n) is 6.45. The number of nitrogens with zero attached hydrogens (tertiary/aromatic N) is 3. The number of furan rings is 1. The molecular formula is C19H20N4O3. The second kappa shape index (κ2) is 6.67. The van der Waals surface area contributed by atoms with Gasteiger partial charge in [-0.2, -0.15) is 0 Å². The highest BCUT2D eigenvalue weighted by Gasteiger charge is 2.18. The standard InChI is InChI=1S/C19H20N4O3/c1-22-17-15(11-20-12-21-17)18(24)23(19(22)25)9-5-4-7-14-10-13-6-2-3-8-16(13)26-14/h2-3,6,8,10,12H,4-5,7,9,11H2,1H3,(H,20,21). The number of hydrogen-bond donors (Lipinski definition) is 1. The lowest BCUT2D eigenvalue weighted by atomic mass is 10.2. The van der Waals surface area contributed by atoms with Gasteiger partial charge in [0.2, 0.25) is 0 Å². The Morgan fingerprint density at radius 3 is 2.92 bits per heavy atom. The van der Waals surface area contributed by atoms with Crippen LogP contribution >= 0.6 is 0 Å². The van der Waals surface area contributed by atoms with E-state index in [4.69, 9.17) is 4.42 Å². The Bertz CT molecular complexity index is 1070. The molecule has 0 amide bonds. The van der Waals surface area contributed by atoms with Crippen LogP contribution < -0.4 is 16.6 Å². The molecule has 2 aromatic heterocycles. The highest BCUT2D eigenvalue weighted by atomic mass is 16.3. The van der Waals surface area contributed by atoms with Crippen LogP contribution in [0.15, 0.2) is 49.3 Å². The van der Waals surface area contributed by atoms with Crippen molar-refractivity contribution in [2.24, 2.45) is 12.0 Å². The van der Waals surface area contributed by atoms with Crippen LogP contribution in [0.4, 0.5) is 5.82 Å². The van der Waals surface area contributed by atoms with Crippen molar-refractivity contribution in [1.82, 2.24) is 14.5 Å². The molecule has 134 valence electrons.